The predicted octanol–water partition coefficient (Wildman–Crippen LogP) is 7.11. The second kappa shape index (κ2) is 7.99. The number of rotatable bonds is 4. The van der Waals surface area contributed by atoms with Gasteiger partial charge in [0.2, 0.25) is 0 Å². The fourth-order valence-corrected chi connectivity index (χ4v) is 9.49. The van der Waals surface area contributed by atoms with Crippen LogP contribution in [0.5, 0.6) is 0 Å². The van der Waals surface area contributed by atoms with Gasteiger partial charge in [-0.25, -0.2) is 0 Å². The van der Waals surface area contributed by atoms with Crippen LogP contribution in [-0.4, -0.2) is 8.07 Å². The molecule has 0 aliphatic carbocycles. The number of hydrogen-bond acceptors (Lipinski definition) is 0. The van der Waals surface area contributed by atoms with Gasteiger partial charge in [-0.1, -0.05) is 91.5 Å². The number of halogens is 2. The van der Waals surface area contributed by atoms with E-state index in [-0.39, 0.29) is 4.83 Å². The van der Waals surface area contributed by atoms with E-state index in [1.165, 1.54) is 5.56 Å². The Morgan fingerprint density at radius 2 is 1.29 bits per heavy atom. The topological polar surface area (TPSA) is 0 Å². The molecule has 0 radical (unpaired) electrons. The molecule has 0 nitrogen and oxygen atoms in total. The number of alkyl halides is 1. The maximum absolute atomic E-state index is 3.77. The van der Waals surface area contributed by atoms with E-state index < -0.39 is 8.07 Å². The Morgan fingerprint density at radius 1 is 0.857 bits per heavy atom. The first-order valence-corrected chi connectivity index (χ1v) is 11.6. The number of benzene rings is 1. The highest BCUT2D eigenvalue weighted by Crippen LogP contribution is 2.41. The van der Waals surface area contributed by atoms with Crippen molar-refractivity contribution in [1.29, 1.82) is 0 Å². The van der Waals surface area contributed by atoms with E-state index in [9.17, 15) is 0 Å². The summed E-state index contributed by atoms with van der Waals surface area (Å²) in [6.45, 7) is 14.1. The molecule has 0 fully saturated rings. The Morgan fingerprint density at radius 3 is 1.67 bits per heavy atom. The monoisotopic (exact) mass is 428 g/mol. The Balaban J connectivity index is 3.13. The van der Waals surface area contributed by atoms with E-state index in [2.05, 4.69) is 109 Å². The predicted molar refractivity (Wildman–Crippen MR) is 105 cm³/mol. The molecule has 1 aromatic carbocycles. The molecule has 1 rings (SSSR count). The van der Waals surface area contributed by atoms with Crippen LogP contribution in [0.3, 0.4) is 0 Å². The van der Waals surface area contributed by atoms with E-state index in [0.29, 0.717) is 16.6 Å². The van der Waals surface area contributed by atoms with Crippen LogP contribution in [0.15, 0.2) is 28.7 Å². The van der Waals surface area contributed by atoms with Gasteiger partial charge in [-0.2, -0.15) is 0 Å². The fraction of sp³-hybridized carbons (Fsp3) is 0.556. The second-order valence-corrected chi connectivity index (χ2v) is 14.0. The molecule has 0 heterocycles. The van der Waals surface area contributed by atoms with E-state index >= 15 is 0 Å². The summed E-state index contributed by atoms with van der Waals surface area (Å²) in [4.78, 5) is 0.119. The minimum Gasteiger partial charge on any atom is -0.129 e. The fourth-order valence-electron chi connectivity index (χ4n) is 3.34. The van der Waals surface area contributed by atoms with E-state index in [4.69, 9.17) is 0 Å². The molecule has 0 saturated heterocycles. The van der Waals surface area contributed by atoms with Crippen molar-refractivity contribution in [2.24, 2.45) is 0 Å². The molecule has 116 valence electrons. The van der Waals surface area contributed by atoms with E-state index in [0.717, 1.165) is 4.47 Å². The molecular formula is C18H26Br2Si. The zero-order valence-electron chi connectivity index (χ0n) is 13.9. The van der Waals surface area contributed by atoms with Gasteiger partial charge in [-0.3, -0.25) is 0 Å². The zero-order valence-corrected chi connectivity index (χ0v) is 18.0. The van der Waals surface area contributed by atoms with Gasteiger partial charge in [0, 0.05) is 4.47 Å². The molecule has 0 saturated carbocycles. The Kier molecular flexibility index (Phi) is 7.23. The summed E-state index contributed by atoms with van der Waals surface area (Å²) in [7, 11) is -1.63. The van der Waals surface area contributed by atoms with Crippen LogP contribution >= 0.6 is 31.9 Å². The first kappa shape index (κ1) is 19.0. The first-order chi connectivity index (χ1) is 9.71. The SMILES string of the molecule is CC(C)[Si](C#CC(Br)c1ccc(Br)cc1)(C(C)C)C(C)C. The summed E-state index contributed by atoms with van der Waals surface area (Å²) < 4.78 is 1.11. The molecule has 0 aromatic heterocycles. The molecule has 21 heavy (non-hydrogen) atoms. The van der Waals surface area contributed by atoms with Crippen molar-refractivity contribution in [3.63, 3.8) is 0 Å². The molecule has 1 unspecified atom stereocenters. The largest absolute Gasteiger partial charge is 0.146 e. The first-order valence-electron chi connectivity index (χ1n) is 7.64. The van der Waals surface area contributed by atoms with Crippen molar-refractivity contribution in [3.05, 3.63) is 34.3 Å². The molecule has 1 atom stereocenters. The average molecular weight is 430 g/mol. The van der Waals surface area contributed by atoms with Gasteiger partial charge in [0.15, 0.2) is 0 Å². The molecule has 0 spiro atoms. The standard InChI is InChI=1S/C18H26Br2Si/c1-13(2)21(14(3)4,15(5)6)12-11-18(20)16-7-9-17(19)10-8-16/h7-10,13-15,18H,1-6H3. The molecule has 0 amide bonds. The van der Waals surface area contributed by atoms with Crippen molar-refractivity contribution < 1.29 is 0 Å². The third kappa shape index (κ3) is 4.47. The van der Waals surface area contributed by atoms with Crippen molar-refractivity contribution in [2.75, 3.05) is 0 Å². The normalized spacial score (nSPS) is 13.5. The minimum atomic E-state index is -1.63. The van der Waals surface area contributed by atoms with Crippen LogP contribution in [0.25, 0.3) is 0 Å². The lowest BCUT2D eigenvalue weighted by atomic mass is 10.2. The summed E-state index contributed by atoms with van der Waals surface area (Å²) in [6.07, 6.45) is 0. The van der Waals surface area contributed by atoms with Crippen LogP contribution < -0.4 is 0 Å². The summed E-state index contributed by atoms with van der Waals surface area (Å²) in [5.74, 6) is 3.52. The number of hydrogen-bond donors (Lipinski definition) is 0. The zero-order chi connectivity index (χ0) is 16.2. The highest BCUT2D eigenvalue weighted by molar-refractivity contribution is 9.10. The molecule has 0 aliphatic heterocycles. The van der Waals surface area contributed by atoms with Crippen LogP contribution in [0.2, 0.25) is 16.6 Å². The Labute approximate surface area is 148 Å². The van der Waals surface area contributed by atoms with Crippen LogP contribution in [0, 0.1) is 11.5 Å². The van der Waals surface area contributed by atoms with Crippen molar-refractivity contribution in [2.45, 2.75) is 63.0 Å². The van der Waals surface area contributed by atoms with Crippen molar-refractivity contribution in [1.82, 2.24) is 0 Å². The van der Waals surface area contributed by atoms with Crippen LogP contribution in [0.1, 0.15) is 51.9 Å². The van der Waals surface area contributed by atoms with Gasteiger partial charge in [-0.05, 0) is 34.3 Å². The molecule has 0 N–H and O–H groups in total. The van der Waals surface area contributed by atoms with Crippen molar-refractivity contribution >= 4 is 39.9 Å². The second-order valence-electron chi connectivity index (χ2n) is 6.58. The summed E-state index contributed by atoms with van der Waals surface area (Å²) in [5, 5.41) is 0. The highest BCUT2D eigenvalue weighted by atomic mass is 79.9. The molecule has 0 aliphatic rings. The van der Waals surface area contributed by atoms with E-state index in [1.807, 2.05) is 0 Å². The maximum atomic E-state index is 3.77. The van der Waals surface area contributed by atoms with Gasteiger partial charge in [0.05, 0.1) is 4.83 Å². The van der Waals surface area contributed by atoms with Crippen LogP contribution in [0.4, 0.5) is 0 Å². The Bertz CT molecular complexity index is 484. The quantitative estimate of drug-likeness (QED) is 0.271. The lowest BCUT2D eigenvalue weighted by Crippen LogP contribution is -2.43. The van der Waals surface area contributed by atoms with Gasteiger partial charge < -0.3 is 0 Å². The summed E-state index contributed by atoms with van der Waals surface area (Å²) in [6, 6.07) is 8.40. The Hall–Kier alpha value is -0.0431. The maximum Gasteiger partial charge on any atom is 0.146 e. The molecule has 3 heteroatoms. The minimum absolute atomic E-state index is 0.119. The van der Waals surface area contributed by atoms with Crippen molar-refractivity contribution in [3.8, 4) is 11.5 Å². The lowest BCUT2D eigenvalue weighted by Gasteiger charge is -2.38. The third-order valence-corrected chi connectivity index (χ3v) is 12.0. The van der Waals surface area contributed by atoms with Crippen LogP contribution in [-0.2, 0) is 0 Å². The summed E-state index contributed by atoms with van der Waals surface area (Å²) >= 11 is 7.22. The van der Waals surface area contributed by atoms with Gasteiger partial charge in [-0.15, -0.1) is 5.54 Å². The van der Waals surface area contributed by atoms with E-state index in [1.54, 1.807) is 0 Å². The lowest BCUT2D eigenvalue weighted by molar-refractivity contribution is 0.838. The smallest absolute Gasteiger partial charge is 0.129 e. The van der Waals surface area contributed by atoms with Gasteiger partial charge in [0.1, 0.15) is 8.07 Å². The molecule has 0 bridgehead atoms. The molecular weight excluding hydrogens is 404 g/mol. The third-order valence-electron chi connectivity index (χ3n) is 4.44. The van der Waals surface area contributed by atoms with Gasteiger partial charge in [0.25, 0.3) is 0 Å². The summed E-state index contributed by atoms with van der Waals surface area (Å²) in [5.41, 5.74) is 7.03. The van der Waals surface area contributed by atoms with Gasteiger partial charge >= 0.3 is 0 Å². The molecule has 1 aromatic rings. The average Bonchev–Trinajstić information content (AvgIpc) is 2.38. The highest BCUT2D eigenvalue weighted by Gasteiger charge is 2.41.